The van der Waals surface area contributed by atoms with Crippen LogP contribution < -0.4 is 5.32 Å². The van der Waals surface area contributed by atoms with Crippen molar-refractivity contribution in [2.75, 3.05) is 5.32 Å². The highest BCUT2D eigenvalue weighted by Crippen LogP contribution is 2.35. The first-order valence-electron chi connectivity index (χ1n) is 7.40. The summed E-state index contributed by atoms with van der Waals surface area (Å²) >= 11 is 0.953. The third kappa shape index (κ3) is 3.07. The average Bonchev–Trinajstić information content (AvgIpc) is 3.30. The van der Waals surface area contributed by atoms with Crippen LogP contribution in [-0.4, -0.2) is 30.1 Å². The number of rotatable bonds is 5. The van der Waals surface area contributed by atoms with E-state index in [-0.39, 0.29) is 16.6 Å². The van der Waals surface area contributed by atoms with Crippen LogP contribution in [0.4, 0.5) is 15.2 Å². The summed E-state index contributed by atoms with van der Waals surface area (Å²) in [6.07, 6.45) is 1.32. The second kappa shape index (κ2) is 6.44. The van der Waals surface area contributed by atoms with Gasteiger partial charge in [0, 0.05) is 12.6 Å². The number of nitro groups is 1. The molecule has 0 aliphatic heterocycles. The molecule has 0 radical (unpaired) electrons. The Morgan fingerprint density at radius 3 is 2.77 bits per heavy atom. The molecule has 2 N–H and O–H groups in total. The third-order valence-electron chi connectivity index (χ3n) is 3.56. The number of nitrogens with one attached hydrogen (secondary N) is 2. The second-order valence-corrected chi connectivity index (χ2v) is 6.28. The van der Waals surface area contributed by atoms with Crippen LogP contribution in [-0.2, 0) is 6.54 Å². The highest BCUT2D eigenvalue weighted by molar-refractivity contribution is 7.21. The van der Waals surface area contributed by atoms with Gasteiger partial charge in [0.25, 0.3) is 0 Å². The molecule has 9 nitrogen and oxygen atoms in total. The van der Waals surface area contributed by atoms with Crippen molar-refractivity contribution in [1.29, 1.82) is 0 Å². The molecule has 0 aliphatic carbocycles. The number of anilines is 1. The van der Waals surface area contributed by atoms with Gasteiger partial charge in [-0.25, -0.2) is 19.3 Å². The third-order valence-corrected chi connectivity index (χ3v) is 4.54. The van der Waals surface area contributed by atoms with Crippen LogP contribution in [0.3, 0.4) is 0 Å². The number of hydrogen-bond acceptors (Lipinski definition) is 8. The Kier molecular flexibility index (Phi) is 3.97. The van der Waals surface area contributed by atoms with Gasteiger partial charge in [-0.1, -0.05) is 12.1 Å². The molecule has 0 amide bonds. The first-order chi connectivity index (χ1) is 12.6. The van der Waals surface area contributed by atoms with Gasteiger partial charge >= 0.3 is 5.00 Å². The molecule has 0 fully saturated rings. The molecule has 1 aromatic carbocycles. The van der Waals surface area contributed by atoms with Crippen LogP contribution in [0.5, 0.6) is 0 Å². The van der Waals surface area contributed by atoms with E-state index in [4.69, 9.17) is 0 Å². The molecule has 0 saturated heterocycles. The molecule has 3 heterocycles. The molecule has 0 bridgehead atoms. The maximum atomic E-state index is 13.0. The van der Waals surface area contributed by atoms with Crippen molar-refractivity contribution in [3.63, 3.8) is 0 Å². The predicted molar refractivity (Wildman–Crippen MR) is 93.2 cm³/mol. The fraction of sp³-hybridized carbons (Fsp3) is 0.0667. The Morgan fingerprint density at radius 1 is 1.27 bits per heavy atom. The second-order valence-electron chi connectivity index (χ2n) is 5.27. The number of hydrogen-bond donors (Lipinski definition) is 2. The first kappa shape index (κ1) is 16.0. The fourth-order valence-electron chi connectivity index (χ4n) is 2.34. The molecule has 26 heavy (non-hydrogen) atoms. The van der Waals surface area contributed by atoms with E-state index in [2.05, 4.69) is 30.5 Å². The highest BCUT2D eigenvalue weighted by atomic mass is 32.1. The summed E-state index contributed by atoms with van der Waals surface area (Å²) < 4.78 is 13.0. The molecule has 11 heteroatoms. The van der Waals surface area contributed by atoms with Crippen molar-refractivity contribution in [3.05, 3.63) is 58.2 Å². The van der Waals surface area contributed by atoms with E-state index in [0.717, 1.165) is 16.9 Å². The lowest BCUT2D eigenvalue weighted by atomic mass is 10.2. The zero-order chi connectivity index (χ0) is 18.1. The number of fused-ring (bicyclic) bond motifs is 1. The molecule has 4 rings (SSSR count). The number of aromatic amines is 1. The predicted octanol–water partition coefficient (Wildman–Crippen LogP) is 3.14. The normalized spacial score (nSPS) is 11.0. The van der Waals surface area contributed by atoms with E-state index >= 15 is 0 Å². The molecule has 3 aromatic heterocycles. The molecule has 0 spiro atoms. The zero-order valence-electron chi connectivity index (χ0n) is 13.0. The maximum absolute atomic E-state index is 13.0. The van der Waals surface area contributed by atoms with Gasteiger partial charge in [0.2, 0.25) is 5.82 Å². The minimum Gasteiger partial charge on any atom is -0.365 e. The van der Waals surface area contributed by atoms with Crippen molar-refractivity contribution < 1.29 is 9.31 Å². The molecule has 0 aliphatic rings. The molecule has 0 atom stereocenters. The van der Waals surface area contributed by atoms with Crippen molar-refractivity contribution in [1.82, 2.24) is 25.1 Å². The maximum Gasteiger partial charge on any atom is 0.326 e. The lowest BCUT2D eigenvalue weighted by Gasteiger charge is -2.08. The lowest BCUT2D eigenvalue weighted by Crippen LogP contribution is -2.04. The molecule has 130 valence electrons. The standard InChI is InChI=1S/C15H10FN7O2S/c16-9-3-1-8(2-4-9)6-17-12-10-5-11(23(24)25)26-15(10)21-14(20-12)13-18-7-19-22-13/h1-5,7H,6H2,(H,17,20,21)(H,18,19,22). The number of H-pyrrole nitrogens is 1. The van der Waals surface area contributed by atoms with Crippen LogP contribution in [0.1, 0.15) is 5.56 Å². The van der Waals surface area contributed by atoms with Crippen LogP contribution in [0.25, 0.3) is 21.9 Å². The summed E-state index contributed by atoms with van der Waals surface area (Å²) in [6.45, 7) is 0.367. The Bertz CT molecular complexity index is 1080. The summed E-state index contributed by atoms with van der Waals surface area (Å²) in [4.78, 5) is 23.8. The van der Waals surface area contributed by atoms with Crippen LogP contribution >= 0.6 is 11.3 Å². The number of halogens is 1. The minimum atomic E-state index is -0.468. The Labute approximate surface area is 149 Å². The van der Waals surface area contributed by atoms with Gasteiger partial charge in [0.1, 0.15) is 22.8 Å². The lowest BCUT2D eigenvalue weighted by molar-refractivity contribution is -0.380. The summed E-state index contributed by atoms with van der Waals surface area (Å²) in [7, 11) is 0. The molecule has 4 aromatic rings. The Balaban J connectivity index is 1.74. The molecule has 0 saturated carbocycles. The van der Waals surface area contributed by atoms with Gasteiger partial charge in [-0.3, -0.25) is 15.2 Å². The highest BCUT2D eigenvalue weighted by Gasteiger charge is 2.19. The average molecular weight is 371 g/mol. The molecular weight excluding hydrogens is 361 g/mol. The van der Waals surface area contributed by atoms with Gasteiger partial charge in [-0.05, 0) is 29.0 Å². The first-order valence-corrected chi connectivity index (χ1v) is 8.22. The quantitative estimate of drug-likeness (QED) is 0.408. The van der Waals surface area contributed by atoms with E-state index in [0.29, 0.717) is 28.4 Å². The van der Waals surface area contributed by atoms with E-state index < -0.39 is 4.92 Å². The monoisotopic (exact) mass is 371 g/mol. The zero-order valence-corrected chi connectivity index (χ0v) is 13.8. The van der Waals surface area contributed by atoms with Gasteiger partial charge < -0.3 is 5.32 Å². The van der Waals surface area contributed by atoms with Crippen molar-refractivity contribution in [3.8, 4) is 11.6 Å². The van der Waals surface area contributed by atoms with E-state index in [1.54, 1.807) is 12.1 Å². The summed E-state index contributed by atoms with van der Waals surface area (Å²) in [5.74, 6) is 0.732. The number of benzene rings is 1. The SMILES string of the molecule is O=[N+]([O-])c1cc2c(NCc3ccc(F)cc3)nc(-c3ncn[nH]3)nc2s1. The van der Waals surface area contributed by atoms with Gasteiger partial charge in [-0.2, -0.15) is 5.10 Å². The summed E-state index contributed by atoms with van der Waals surface area (Å²) in [6, 6.07) is 7.45. The van der Waals surface area contributed by atoms with Crippen molar-refractivity contribution >= 4 is 32.4 Å². The van der Waals surface area contributed by atoms with Crippen molar-refractivity contribution in [2.45, 2.75) is 6.54 Å². The summed E-state index contributed by atoms with van der Waals surface area (Å²) in [5.41, 5.74) is 0.837. The van der Waals surface area contributed by atoms with E-state index in [9.17, 15) is 14.5 Å². The number of thiophene rings is 1. The van der Waals surface area contributed by atoms with Crippen LogP contribution in [0.15, 0.2) is 36.7 Å². The van der Waals surface area contributed by atoms with Gasteiger partial charge in [0.05, 0.1) is 10.3 Å². The Morgan fingerprint density at radius 2 is 2.08 bits per heavy atom. The van der Waals surface area contributed by atoms with E-state index in [1.807, 2.05) is 0 Å². The summed E-state index contributed by atoms with van der Waals surface area (Å²) in [5, 5.41) is 21.2. The Hall–Kier alpha value is -3.47. The van der Waals surface area contributed by atoms with Gasteiger partial charge in [0.15, 0.2) is 5.82 Å². The smallest absolute Gasteiger partial charge is 0.326 e. The van der Waals surface area contributed by atoms with Crippen LogP contribution in [0, 0.1) is 15.9 Å². The van der Waals surface area contributed by atoms with Crippen molar-refractivity contribution in [2.24, 2.45) is 0 Å². The topological polar surface area (TPSA) is 123 Å². The number of aromatic nitrogens is 5. The molecular formula is C15H10FN7O2S. The minimum absolute atomic E-state index is 0.0335. The van der Waals surface area contributed by atoms with Gasteiger partial charge in [-0.15, -0.1) is 0 Å². The fourth-order valence-corrected chi connectivity index (χ4v) is 3.19. The largest absolute Gasteiger partial charge is 0.365 e. The molecule has 0 unspecified atom stereocenters. The van der Waals surface area contributed by atoms with Crippen LogP contribution in [0.2, 0.25) is 0 Å². The van der Waals surface area contributed by atoms with E-state index in [1.165, 1.54) is 24.5 Å². The number of nitrogens with zero attached hydrogens (tertiary/aromatic N) is 5.